The van der Waals surface area contributed by atoms with Gasteiger partial charge in [-0.15, -0.1) is 23.5 Å². The molecular weight excluding hydrogens is 650 g/mol. The summed E-state index contributed by atoms with van der Waals surface area (Å²) in [6, 6.07) is 18.7. The van der Waals surface area contributed by atoms with Gasteiger partial charge in [-0.3, -0.25) is 9.36 Å². The fourth-order valence-electron chi connectivity index (χ4n) is 7.21. The molecule has 240 valence electrons. The van der Waals surface area contributed by atoms with Gasteiger partial charge in [-0.25, -0.2) is 4.79 Å². The lowest BCUT2D eigenvalue weighted by Crippen LogP contribution is -2.09. The molecule has 8 rings (SSSR count). The summed E-state index contributed by atoms with van der Waals surface area (Å²) in [7, 11) is 3.85. The summed E-state index contributed by atoms with van der Waals surface area (Å²) in [5, 5.41) is 24.1. The molecule has 0 aliphatic carbocycles. The molecule has 0 saturated carbocycles. The minimum Gasteiger partial charge on any atom is -0.493 e. The smallest absolute Gasteiger partial charge is 0.352 e. The van der Waals surface area contributed by atoms with Crippen molar-refractivity contribution in [3.8, 4) is 16.9 Å². The van der Waals surface area contributed by atoms with Gasteiger partial charge in [0.25, 0.3) is 0 Å². The average Bonchev–Trinajstić information content (AvgIpc) is 3.80. The van der Waals surface area contributed by atoms with Crippen molar-refractivity contribution in [2.24, 2.45) is 14.1 Å². The lowest BCUT2D eigenvalue weighted by molar-refractivity contribution is 0.0685. The van der Waals surface area contributed by atoms with Crippen LogP contribution in [0.3, 0.4) is 0 Å². The number of aryl methyl sites for hydroxylation is 4. The van der Waals surface area contributed by atoms with Crippen molar-refractivity contribution in [2.75, 3.05) is 6.61 Å². The second-order valence-corrected chi connectivity index (χ2v) is 14.7. The first kappa shape index (κ1) is 30.5. The molecule has 11 heteroatoms. The highest BCUT2D eigenvalue weighted by Gasteiger charge is 2.30. The molecule has 0 saturated heterocycles. The predicted molar refractivity (Wildman–Crippen MR) is 190 cm³/mol. The van der Waals surface area contributed by atoms with E-state index in [1.54, 1.807) is 11.8 Å². The van der Waals surface area contributed by atoms with Gasteiger partial charge in [-0.05, 0) is 60.9 Å². The maximum atomic E-state index is 12.8. The van der Waals surface area contributed by atoms with E-state index in [-0.39, 0.29) is 0 Å². The molecular formula is C36H34ClN5O3S2. The van der Waals surface area contributed by atoms with Crippen molar-refractivity contribution in [1.29, 1.82) is 0 Å². The Morgan fingerprint density at radius 3 is 2.70 bits per heavy atom. The SMILES string of the molecule is Cn1nc2cc1CSCc1nn3c(c1-c1c(Cl)ccc4c(c(C(=O)O)n(C)c14)CCCOc1cc(cc4ccccc14)SC2)CCC3. The zero-order valence-corrected chi connectivity index (χ0v) is 28.6. The maximum absolute atomic E-state index is 12.8. The summed E-state index contributed by atoms with van der Waals surface area (Å²) in [4.78, 5) is 13.9. The quantitative estimate of drug-likeness (QED) is 0.187. The van der Waals surface area contributed by atoms with E-state index < -0.39 is 5.97 Å². The number of aromatic nitrogens is 5. The largest absolute Gasteiger partial charge is 0.493 e. The van der Waals surface area contributed by atoms with Crippen LogP contribution in [-0.4, -0.2) is 41.8 Å². The van der Waals surface area contributed by atoms with Crippen molar-refractivity contribution in [2.45, 2.75) is 54.4 Å². The summed E-state index contributed by atoms with van der Waals surface area (Å²) in [5.74, 6) is 2.14. The van der Waals surface area contributed by atoms with Crippen LogP contribution in [-0.2, 0) is 50.7 Å². The number of carbonyl (C=O) groups is 1. The maximum Gasteiger partial charge on any atom is 0.352 e. The standard InChI is InChI=1S/C36H34ClN5O3S2/c1-40-34-27-11-12-28(37)32(34)33-29(39-42-13-5-10-30(33)42)20-46-19-23-16-22(38-41(23)2)18-47-24-15-21-7-3-4-8-25(21)31(17-24)45-14-6-9-26(27)35(40)36(43)44/h3-4,7-8,11-12,15-17H,5-6,9-10,13-14,18-20H2,1-2H3,(H,43,44). The van der Waals surface area contributed by atoms with Crippen LogP contribution in [0.5, 0.6) is 5.75 Å². The lowest BCUT2D eigenvalue weighted by Gasteiger charge is -2.12. The zero-order valence-electron chi connectivity index (χ0n) is 26.3. The van der Waals surface area contributed by atoms with Crippen LogP contribution in [0.25, 0.3) is 32.8 Å². The molecule has 0 spiro atoms. The third kappa shape index (κ3) is 5.40. The number of aromatic carboxylic acids is 1. The number of ether oxygens (including phenoxy) is 1. The van der Waals surface area contributed by atoms with Crippen molar-refractivity contribution in [1.82, 2.24) is 24.1 Å². The summed E-state index contributed by atoms with van der Waals surface area (Å²) in [6.45, 7) is 1.33. The van der Waals surface area contributed by atoms with E-state index >= 15 is 0 Å². The van der Waals surface area contributed by atoms with Gasteiger partial charge in [-0.2, -0.15) is 10.2 Å². The molecule has 5 heterocycles. The molecule has 3 aromatic heterocycles. The zero-order chi connectivity index (χ0) is 32.2. The Kier molecular flexibility index (Phi) is 7.98. The highest BCUT2D eigenvalue weighted by Crippen LogP contribution is 2.44. The molecule has 0 atom stereocenters. The first-order valence-corrected chi connectivity index (χ1v) is 18.4. The first-order chi connectivity index (χ1) is 22.9. The third-order valence-corrected chi connectivity index (χ3v) is 11.6. The minimum atomic E-state index is -0.946. The van der Waals surface area contributed by atoms with E-state index in [4.69, 9.17) is 26.5 Å². The highest BCUT2D eigenvalue weighted by molar-refractivity contribution is 7.98. The van der Waals surface area contributed by atoms with Gasteiger partial charge in [-0.1, -0.05) is 41.9 Å². The predicted octanol–water partition coefficient (Wildman–Crippen LogP) is 8.28. The molecule has 2 aliphatic rings. The second-order valence-electron chi connectivity index (χ2n) is 12.2. The number of carboxylic acids is 1. The highest BCUT2D eigenvalue weighted by atomic mass is 35.5. The summed E-state index contributed by atoms with van der Waals surface area (Å²) in [6.07, 6.45) is 3.16. The topological polar surface area (TPSA) is 87.1 Å². The Bertz CT molecular complexity index is 2200. The Morgan fingerprint density at radius 2 is 1.83 bits per heavy atom. The molecule has 6 aromatic rings. The number of carboxylic acid groups (broad SMARTS) is 1. The van der Waals surface area contributed by atoms with Gasteiger partial charge < -0.3 is 14.4 Å². The fourth-order valence-corrected chi connectivity index (χ4v) is 9.29. The second kappa shape index (κ2) is 12.3. The van der Waals surface area contributed by atoms with Crippen LogP contribution in [0.2, 0.25) is 5.02 Å². The average molecular weight is 684 g/mol. The van der Waals surface area contributed by atoms with Gasteiger partial charge in [0.15, 0.2) is 0 Å². The Morgan fingerprint density at radius 1 is 0.957 bits per heavy atom. The van der Waals surface area contributed by atoms with Gasteiger partial charge in [0, 0.05) is 76.1 Å². The van der Waals surface area contributed by atoms with E-state index in [0.717, 1.165) is 97.0 Å². The number of benzene rings is 3. The number of nitrogens with zero attached hydrogens (tertiary/aromatic N) is 5. The van der Waals surface area contributed by atoms with Crippen LogP contribution in [0.15, 0.2) is 59.5 Å². The normalized spacial score (nSPS) is 15.4. The molecule has 2 aliphatic heterocycles. The molecule has 8 nitrogen and oxygen atoms in total. The van der Waals surface area contributed by atoms with Gasteiger partial charge >= 0.3 is 5.97 Å². The number of hydrogen-bond acceptors (Lipinski definition) is 6. The number of thioether (sulfide) groups is 2. The van der Waals surface area contributed by atoms with E-state index in [1.165, 1.54) is 5.69 Å². The van der Waals surface area contributed by atoms with Crippen LogP contribution in [0.4, 0.5) is 0 Å². The molecule has 0 fully saturated rings. The molecule has 0 amide bonds. The molecule has 47 heavy (non-hydrogen) atoms. The van der Waals surface area contributed by atoms with E-state index in [2.05, 4.69) is 35.0 Å². The molecule has 0 unspecified atom stereocenters. The van der Waals surface area contributed by atoms with E-state index in [0.29, 0.717) is 35.9 Å². The lowest BCUT2D eigenvalue weighted by atomic mass is 9.97. The third-order valence-electron chi connectivity index (χ3n) is 9.30. The Labute approximate surface area is 286 Å². The summed E-state index contributed by atoms with van der Waals surface area (Å²) >= 11 is 10.6. The molecule has 1 N–H and O–H groups in total. The van der Waals surface area contributed by atoms with Crippen LogP contribution in [0, 0.1) is 0 Å². The number of rotatable bonds is 1. The molecule has 0 radical (unpaired) electrons. The number of hydrogen-bond donors (Lipinski definition) is 1. The van der Waals surface area contributed by atoms with Gasteiger partial charge in [0.2, 0.25) is 0 Å². The summed E-state index contributed by atoms with van der Waals surface area (Å²) in [5.41, 5.74) is 8.25. The van der Waals surface area contributed by atoms with E-state index in [1.807, 2.05) is 59.4 Å². The van der Waals surface area contributed by atoms with Gasteiger partial charge in [0.05, 0.1) is 28.5 Å². The summed E-state index contributed by atoms with van der Waals surface area (Å²) < 4.78 is 12.4. The van der Waals surface area contributed by atoms with Crippen molar-refractivity contribution in [3.05, 3.63) is 93.7 Å². The molecule has 8 bridgehead atoms. The number of fused-ring (bicyclic) bond motifs is 10. The minimum absolute atomic E-state index is 0.293. The number of halogens is 1. The van der Waals surface area contributed by atoms with Crippen molar-refractivity contribution < 1.29 is 14.6 Å². The van der Waals surface area contributed by atoms with Crippen LogP contribution >= 0.6 is 35.1 Å². The van der Waals surface area contributed by atoms with Crippen LogP contribution in [0.1, 0.15) is 51.7 Å². The first-order valence-electron chi connectivity index (χ1n) is 15.9. The van der Waals surface area contributed by atoms with Crippen LogP contribution < -0.4 is 4.74 Å². The Balaban J connectivity index is 1.26. The monoisotopic (exact) mass is 683 g/mol. The van der Waals surface area contributed by atoms with E-state index in [9.17, 15) is 9.90 Å². The van der Waals surface area contributed by atoms with Gasteiger partial charge in [0.1, 0.15) is 11.4 Å². The fraction of sp³-hybridized carbons (Fsp3) is 0.306. The van der Waals surface area contributed by atoms with Crippen molar-refractivity contribution >= 4 is 62.8 Å². The molecule has 3 aromatic carbocycles. The Hall–Kier alpha value is -3.86. The van der Waals surface area contributed by atoms with Crippen molar-refractivity contribution in [3.63, 3.8) is 0 Å².